The fourth-order valence-electron chi connectivity index (χ4n) is 2.28. The highest BCUT2D eigenvalue weighted by Crippen LogP contribution is 2.31. The van der Waals surface area contributed by atoms with Crippen molar-refractivity contribution in [3.8, 4) is 11.8 Å². The topological polar surface area (TPSA) is 57.9 Å². The molecule has 23 heavy (non-hydrogen) atoms. The predicted molar refractivity (Wildman–Crippen MR) is 92.8 cm³/mol. The average Bonchev–Trinajstić information content (AvgIpc) is 2.59. The quantitative estimate of drug-likeness (QED) is 0.746. The summed E-state index contributed by atoms with van der Waals surface area (Å²) in [7, 11) is 1.63. The lowest BCUT2D eigenvalue weighted by Crippen LogP contribution is -2.12. The molecule has 5 heteroatoms. The van der Waals surface area contributed by atoms with Gasteiger partial charge in [0.05, 0.1) is 18.2 Å². The molecule has 1 atom stereocenters. The van der Waals surface area contributed by atoms with Crippen LogP contribution in [0.2, 0.25) is 5.02 Å². The molecule has 1 aromatic heterocycles. The number of nitriles is 1. The number of halogens is 1. The number of benzene rings is 1. The predicted octanol–water partition coefficient (Wildman–Crippen LogP) is 4.73. The molecule has 0 fully saturated rings. The third-order valence-electron chi connectivity index (χ3n) is 3.49. The Morgan fingerprint density at radius 1 is 1.39 bits per heavy atom. The van der Waals surface area contributed by atoms with E-state index in [4.69, 9.17) is 21.6 Å². The van der Waals surface area contributed by atoms with Crippen LogP contribution in [0, 0.1) is 11.3 Å². The maximum atomic E-state index is 9.10. The highest BCUT2D eigenvalue weighted by Gasteiger charge is 2.17. The molecular weight excluding hydrogens is 310 g/mol. The molecule has 0 saturated carbocycles. The third kappa shape index (κ3) is 4.24. The van der Waals surface area contributed by atoms with E-state index in [9.17, 15) is 0 Å². The van der Waals surface area contributed by atoms with Crippen LogP contribution in [0.15, 0.2) is 49.2 Å². The minimum absolute atomic E-state index is 0.0380. The first kappa shape index (κ1) is 16.9. The van der Waals surface area contributed by atoms with Crippen molar-refractivity contribution in [2.75, 3.05) is 12.4 Å². The Kier molecular flexibility index (Phi) is 6.02. The van der Waals surface area contributed by atoms with E-state index in [-0.39, 0.29) is 11.7 Å². The lowest BCUT2D eigenvalue weighted by Gasteiger charge is -2.21. The fraction of sp³-hybridized carbons (Fsp3) is 0.222. The normalized spacial score (nSPS) is 11.3. The number of aromatic nitrogens is 1. The van der Waals surface area contributed by atoms with Gasteiger partial charge in [0.1, 0.15) is 11.8 Å². The molecule has 1 N–H and O–H groups in total. The summed E-state index contributed by atoms with van der Waals surface area (Å²) in [4.78, 5) is 3.99. The molecule has 1 heterocycles. The van der Waals surface area contributed by atoms with E-state index in [0.717, 1.165) is 29.8 Å². The van der Waals surface area contributed by atoms with Crippen molar-refractivity contribution in [1.82, 2.24) is 4.98 Å². The van der Waals surface area contributed by atoms with Gasteiger partial charge in [0, 0.05) is 11.9 Å². The van der Waals surface area contributed by atoms with Gasteiger partial charge in [-0.25, -0.2) is 4.98 Å². The monoisotopic (exact) mass is 327 g/mol. The summed E-state index contributed by atoms with van der Waals surface area (Å²) in [6, 6.07) is 11.5. The summed E-state index contributed by atoms with van der Waals surface area (Å²) < 4.78 is 5.17. The van der Waals surface area contributed by atoms with Gasteiger partial charge >= 0.3 is 0 Å². The number of rotatable bonds is 7. The zero-order chi connectivity index (χ0) is 16.7. The van der Waals surface area contributed by atoms with Gasteiger partial charge in [0.25, 0.3) is 0 Å². The summed E-state index contributed by atoms with van der Waals surface area (Å²) in [5.74, 6) is 0.798. The van der Waals surface area contributed by atoms with Crippen LogP contribution in [0.1, 0.15) is 30.1 Å². The number of allylic oxidation sites excluding steroid dienone is 1. The molecule has 0 unspecified atom stereocenters. The molecular formula is C18H18ClN3O. The van der Waals surface area contributed by atoms with Crippen LogP contribution >= 0.6 is 11.6 Å². The molecule has 118 valence electrons. The minimum Gasteiger partial charge on any atom is -0.497 e. The van der Waals surface area contributed by atoms with Crippen molar-refractivity contribution >= 4 is 17.3 Å². The Balaban J connectivity index is 2.29. The van der Waals surface area contributed by atoms with Crippen molar-refractivity contribution < 1.29 is 4.74 Å². The van der Waals surface area contributed by atoms with Gasteiger partial charge < -0.3 is 10.1 Å². The molecule has 0 aliphatic heterocycles. The van der Waals surface area contributed by atoms with Crippen molar-refractivity contribution in [3.05, 3.63) is 65.5 Å². The highest BCUT2D eigenvalue weighted by atomic mass is 35.5. The molecule has 0 radical (unpaired) electrons. The molecule has 2 aromatic rings. The van der Waals surface area contributed by atoms with Gasteiger partial charge in [0.15, 0.2) is 5.69 Å². The van der Waals surface area contributed by atoms with E-state index in [1.807, 2.05) is 42.5 Å². The SMILES string of the molecule is C=CCC[C@@H](Nc1ccc(OC)cc1)c1ccnc(C#N)c1Cl. The van der Waals surface area contributed by atoms with E-state index >= 15 is 0 Å². The molecule has 0 amide bonds. The molecule has 1 aromatic carbocycles. The van der Waals surface area contributed by atoms with Gasteiger partial charge in [-0.3, -0.25) is 0 Å². The van der Waals surface area contributed by atoms with Crippen LogP contribution in [0.25, 0.3) is 0 Å². The van der Waals surface area contributed by atoms with Gasteiger partial charge in [-0.2, -0.15) is 5.26 Å². The lowest BCUT2D eigenvalue weighted by atomic mass is 10.0. The summed E-state index contributed by atoms with van der Waals surface area (Å²) in [6.07, 6.45) is 5.11. The van der Waals surface area contributed by atoms with Crippen molar-refractivity contribution in [3.63, 3.8) is 0 Å². The molecule has 0 aliphatic carbocycles. The molecule has 2 rings (SSSR count). The molecule has 4 nitrogen and oxygen atoms in total. The van der Waals surface area contributed by atoms with E-state index in [0.29, 0.717) is 5.02 Å². The smallest absolute Gasteiger partial charge is 0.159 e. The zero-order valence-corrected chi connectivity index (χ0v) is 13.7. The number of hydrogen-bond donors (Lipinski definition) is 1. The second kappa shape index (κ2) is 8.21. The van der Waals surface area contributed by atoms with Gasteiger partial charge in [-0.15, -0.1) is 6.58 Å². The van der Waals surface area contributed by atoms with Gasteiger partial charge in [0.2, 0.25) is 0 Å². The summed E-state index contributed by atoms with van der Waals surface area (Å²) >= 11 is 6.33. The van der Waals surface area contributed by atoms with E-state index < -0.39 is 0 Å². The Morgan fingerprint density at radius 3 is 2.74 bits per heavy atom. The zero-order valence-electron chi connectivity index (χ0n) is 12.9. The first-order chi connectivity index (χ1) is 11.2. The van der Waals surface area contributed by atoms with Crippen molar-refractivity contribution in [1.29, 1.82) is 5.26 Å². The number of hydrogen-bond acceptors (Lipinski definition) is 4. The Hall–Kier alpha value is -2.51. The van der Waals surface area contributed by atoms with E-state index in [1.54, 1.807) is 13.3 Å². The van der Waals surface area contributed by atoms with Crippen LogP contribution in [0.3, 0.4) is 0 Å². The number of methoxy groups -OCH3 is 1. The molecule has 0 bridgehead atoms. The fourth-order valence-corrected chi connectivity index (χ4v) is 2.57. The molecule has 0 saturated heterocycles. The second-order valence-electron chi connectivity index (χ2n) is 4.97. The molecule has 0 spiro atoms. The van der Waals surface area contributed by atoms with E-state index in [2.05, 4.69) is 16.9 Å². The van der Waals surface area contributed by atoms with Crippen LogP contribution in [0.4, 0.5) is 5.69 Å². The number of pyridine rings is 1. The van der Waals surface area contributed by atoms with E-state index in [1.165, 1.54) is 0 Å². The van der Waals surface area contributed by atoms with Crippen LogP contribution in [-0.2, 0) is 0 Å². The maximum absolute atomic E-state index is 9.10. The summed E-state index contributed by atoms with van der Waals surface area (Å²) in [5.41, 5.74) is 2.05. The summed E-state index contributed by atoms with van der Waals surface area (Å²) in [5, 5.41) is 12.9. The van der Waals surface area contributed by atoms with Crippen LogP contribution in [0.5, 0.6) is 5.75 Å². The standard InChI is InChI=1S/C18H18ClN3O/c1-3-4-5-16(15-10-11-21-17(12-20)18(15)19)22-13-6-8-14(23-2)9-7-13/h3,6-11,16,22H,1,4-5H2,2H3/t16-/m1/s1. The van der Waals surface area contributed by atoms with Crippen LogP contribution < -0.4 is 10.1 Å². The Morgan fingerprint density at radius 2 is 2.13 bits per heavy atom. The highest BCUT2D eigenvalue weighted by molar-refractivity contribution is 6.32. The number of ether oxygens (including phenoxy) is 1. The number of nitrogens with zero attached hydrogens (tertiary/aromatic N) is 2. The van der Waals surface area contributed by atoms with Crippen molar-refractivity contribution in [2.24, 2.45) is 0 Å². The maximum Gasteiger partial charge on any atom is 0.159 e. The number of anilines is 1. The lowest BCUT2D eigenvalue weighted by molar-refractivity contribution is 0.415. The molecule has 0 aliphatic rings. The third-order valence-corrected chi connectivity index (χ3v) is 3.89. The summed E-state index contributed by atoms with van der Waals surface area (Å²) in [6.45, 7) is 3.77. The first-order valence-corrected chi connectivity index (χ1v) is 7.63. The van der Waals surface area contributed by atoms with Crippen molar-refractivity contribution in [2.45, 2.75) is 18.9 Å². The van der Waals surface area contributed by atoms with Crippen LogP contribution in [-0.4, -0.2) is 12.1 Å². The Labute approximate surface area is 141 Å². The van der Waals surface area contributed by atoms with Gasteiger partial charge in [-0.1, -0.05) is 17.7 Å². The number of nitrogens with one attached hydrogen (secondary N) is 1. The largest absolute Gasteiger partial charge is 0.497 e. The Bertz CT molecular complexity index is 707. The minimum atomic E-state index is -0.0380. The van der Waals surface area contributed by atoms with Gasteiger partial charge in [-0.05, 0) is 48.7 Å². The first-order valence-electron chi connectivity index (χ1n) is 7.25. The second-order valence-corrected chi connectivity index (χ2v) is 5.34. The average molecular weight is 328 g/mol.